The number of anilines is 1. The van der Waals surface area contributed by atoms with Crippen molar-refractivity contribution in [2.75, 3.05) is 18.2 Å². The highest BCUT2D eigenvalue weighted by atomic mass is 32.2. The number of benzene rings is 1. The van der Waals surface area contributed by atoms with Crippen molar-refractivity contribution in [3.63, 3.8) is 0 Å². The predicted octanol–water partition coefficient (Wildman–Crippen LogP) is 3.22. The van der Waals surface area contributed by atoms with Gasteiger partial charge in [-0.2, -0.15) is 0 Å². The molecule has 8 nitrogen and oxygen atoms in total. The van der Waals surface area contributed by atoms with Crippen LogP contribution in [0.15, 0.2) is 40.3 Å². The number of thioether (sulfide) groups is 1. The molecule has 0 spiro atoms. The number of H-pyrrole nitrogens is 1. The van der Waals surface area contributed by atoms with Crippen LogP contribution in [0.3, 0.4) is 0 Å². The van der Waals surface area contributed by atoms with E-state index in [1.807, 2.05) is 12.1 Å². The number of carbonyl (C=O) groups is 2. The molecule has 1 aliphatic rings. The zero-order valence-electron chi connectivity index (χ0n) is 17.4. The lowest BCUT2D eigenvalue weighted by molar-refractivity contribution is -0.113. The summed E-state index contributed by atoms with van der Waals surface area (Å²) in [6, 6.07) is 8.60. The van der Waals surface area contributed by atoms with Gasteiger partial charge in [-0.3, -0.25) is 14.4 Å². The largest absolute Gasteiger partial charge is 0.497 e. The second kappa shape index (κ2) is 9.58. The molecule has 2 amide bonds. The molecule has 0 fully saturated rings. The maximum absolute atomic E-state index is 12.6. The second-order valence-corrected chi connectivity index (χ2v) is 9.35. The highest BCUT2D eigenvalue weighted by Crippen LogP contribution is 2.38. The molecule has 0 radical (unpaired) electrons. The van der Waals surface area contributed by atoms with Crippen molar-refractivity contribution in [1.82, 2.24) is 9.97 Å². The molecule has 0 atom stereocenters. The molecule has 4 N–H and O–H groups in total. The van der Waals surface area contributed by atoms with E-state index in [0.29, 0.717) is 27.2 Å². The van der Waals surface area contributed by atoms with Crippen LogP contribution in [-0.4, -0.2) is 34.6 Å². The molecule has 10 heteroatoms. The number of carbonyl (C=O) groups excluding carboxylic acids is 2. The summed E-state index contributed by atoms with van der Waals surface area (Å²) in [5.74, 6) is -0.0925. The van der Waals surface area contributed by atoms with Crippen molar-refractivity contribution in [3.05, 3.63) is 56.7 Å². The van der Waals surface area contributed by atoms with Gasteiger partial charge in [-0.25, -0.2) is 4.98 Å². The van der Waals surface area contributed by atoms with Gasteiger partial charge in [0.2, 0.25) is 5.91 Å². The van der Waals surface area contributed by atoms with Crippen LogP contribution in [0.5, 0.6) is 5.75 Å². The van der Waals surface area contributed by atoms with Gasteiger partial charge in [0.05, 0.1) is 24.1 Å². The Morgan fingerprint density at radius 1 is 1.25 bits per heavy atom. The summed E-state index contributed by atoms with van der Waals surface area (Å²) in [5, 5.41) is 3.65. The number of methoxy groups -OCH3 is 1. The van der Waals surface area contributed by atoms with Crippen LogP contribution in [0, 0.1) is 0 Å². The number of thiophene rings is 1. The Balaban J connectivity index is 1.47. The number of aromatic amines is 1. The minimum Gasteiger partial charge on any atom is -0.497 e. The van der Waals surface area contributed by atoms with E-state index in [1.165, 1.54) is 17.4 Å². The number of primary amides is 1. The quantitative estimate of drug-likeness (QED) is 0.359. The summed E-state index contributed by atoms with van der Waals surface area (Å²) >= 11 is 2.53. The number of rotatable bonds is 7. The number of nitrogens with one attached hydrogen (secondary N) is 2. The normalized spacial score (nSPS) is 12.8. The Hall–Kier alpha value is -3.11. The Bertz CT molecular complexity index is 1220. The second-order valence-electron chi connectivity index (χ2n) is 7.28. The maximum Gasteiger partial charge on any atom is 0.252 e. The van der Waals surface area contributed by atoms with Crippen molar-refractivity contribution < 1.29 is 14.3 Å². The van der Waals surface area contributed by atoms with E-state index in [1.54, 1.807) is 19.2 Å². The van der Waals surface area contributed by atoms with E-state index >= 15 is 0 Å². The fourth-order valence-corrected chi connectivity index (χ4v) is 5.61. The number of ether oxygens (including phenoxy) is 1. The van der Waals surface area contributed by atoms with E-state index in [2.05, 4.69) is 15.3 Å². The zero-order chi connectivity index (χ0) is 22.7. The molecule has 0 bridgehead atoms. The molecule has 1 aromatic carbocycles. The van der Waals surface area contributed by atoms with Crippen LogP contribution in [0.25, 0.3) is 11.3 Å². The van der Waals surface area contributed by atoms with Gasteiger partial charge in [0.1, 0.15) is 10.8 Å². The topological polar surface area (TPSA) is 127 Å². The standard InChI is InChI=1S/C22H22N4O4S2/c1-30-13-8-6-12(7-9-13)15-10-17(27)26-22(24-15)31-11-18(28)25-21-19(20(23)29)14-4-2-3-5-16(14)32-21/h6-10H,2-5,11H2,1H3,(H2,23,29)(H,25,28)(H,24,26,27). The molecule has 1 aliphatic carbocycles. The molecule has 0 aliphatic heterocycles. The van der Waals surface area contributed by atoms with E-state index < -0.39 is 5.91 Å². The average Bonchev–Trinajstić information content (AvgIpc) is 3.15. The molecule has 166 valence electrons. The molecule has 2 aromatic heterocycles. The van der Waals surface area contributed by atoms with Crippen LogP contribution < -0.4 is 21.3 Å². The highest BCUT2D eigenvalue weighted by molar-refractivity contribution is 7.99. The summed E-state index contributed by atoms with van der Waals surface area (Å²) in [6.45, 7) is 0. The van der Waals surface area contributed by atoms with E-state index in [9.17, 15) is 14.4 Å². The molecule has 0 saturated carbocycles. The lowest BCUT2D eigenvalue weighted by atomic mass is 9.95. The Labute approximate surface area is 192 Å². The fourth-order valence-electron chi connectivity index (χ4n) is 3.62. The maximum atomic E-state index is 12.6. The van der Waals surface area contributed by atoms with Crippen LogP contribution in [-0.2, 0) is 17.6 Å². The first-order valence-corrected chi connectivity index (χ1v) is 11.9. The van der Waals surface area contributed by atoms with Gasteiger partial charge in [0.15, 0.2) is 5.16 Å². The van der Waals surface area contributed by atoms with Gasteiger partial charge >= 0.3 is 0 Å². The van der Waals surface area contributed by atoms with Gasteiger partial charge in [-0.15, -0.1) is 11.3 Å². The number of fused-ring (bicyclic) bond motifs is 1. The summed E-state index contributed by atoms with van der Waals surface area (Å²) < 4.78 is 5.15. The Kier molecular flexibility index (Phi) is 6.61. The number of hydrogen-bond acceptors (Lipinski definition) is 7. The number of amides is 2. The SMILES string of the molecule is COc1ccc(-c2cc(=O)[nH]c(SCC(=O)Nc3sc4c(c3C(N)=O)CCCC4)n2)cc1. The lowest BCUT2D eigenvalue weighted by Gasteiger charge is -2.11. The van der Waals surface area contributed by atoms with Crippen LogP contribution in [0.4, 0.5) is 5.00 Å². The van der Waals surface area contributed by atoms with Crippen molar-refractivity contribution >= 4 is 39.9 Å². The van der Waals surface area contributed by atoms with Crippen LogP contribution >= 0.6 is 23.1 Å². The van der Waals surface area contributed by atoms with Crippen molar-refractivity contribution in [1.29, 1.82) is 0 Å². The summed E-state index contributed by atoms with van der Waals surface area (Å²) in [4.78, 5) is 44.9. The number of nitrogens with two attached hydrogens (primary N) is 1. The lowest BCUT2D eigenvalue weighted by Crippen LogP contribution is -2.19. The summed E-state index contributed by atoms with van der Waals surface area (Å²) in [7, 11) is 1.58. The van der Waals surface area contributed by atoms with Crippen molar-refractivity contribution in [2.24, 2.45) is 5.73 Å². The third-order valence-corrected chi connectivity index (χ3v) is 7.20. The van der Waals surface area contributed by atoms with Crippen molar-refractivity contribution in [3.8, 4) is 17.0 Å². The molecule has 0 unspecified atom stereocenters. The minimum atomic E-state index is -0.523. The first kappa shape index (κ1) is 22.1. The number of aromatic nitrogens is 2. The third kappa shape index (κ3) is 4.86. The van der Waals surface area contributed by atoms with Gasteiger partial charge in [0, 0.05) is 16.5 Å². The summed E-state index contributed by atoms with van der Waals surface area (Å²) in [6.07, 6.45) is 3.78. The number of hydrogen-bond donors (Lipinski definition) is 3. The molecular formula is C22H22N4O4S2. The van der Waals surface area contributed by atoms with Crippen molar-refractivity contribution in [2.45, 2.75) is 30.8 Å². The zero-order valence-corrected chi connectivity index (χ0v) is 19.0. The van der Waals surface area contributed by atoms with Gasteiger partial charge in [-0.05, 0) is 55.5 Å². The van der Waals surface area contributed by atoms with Gasteiger partial charge < -0.3 is 20.8 Å². The van der Waals surface area contributed by atoms with Gasteiger partial charge in [0.25, 0.3) is 11.5 Å². The molecule has 4 rings (SSSR count). The van der Waals surface area contributed by atoms with E-state index in [-0.39, 0.29) is 17.2 Å². The first-order valence-electron chi connectivity index (χ1n) is 10.1. The van der Waals surface area contributed by atoms with Crippen LogP contribution in [0.1, 0.15) is 33.6 Å². The summed E-state index contributed by atoms with van der Waals surface area (Å²) in [5.41, 5.74) is 7.93. The molecule has 0 saturated heterocycles. The Morgan fingerprint density at radius 3 is 2.72 bits per heavy atom. The molecule has 32 heavy (non-hydrogen) atoms. The highest BCUT2D eigenvalue weighted by Gasteiger charge is 2.25. The average molecular weight is 471 g/mol. The smallest absolute Gasteiger partial charge is 0.252 e. The number of nitrogens with zero attached hydrogens (tertiary/aromatic N) is 1. The van der Waals surface area contributed by atoms with E-state index in [4.69, 9.17) is 10.5 Å². The fraction of sp³-hybridized carbons (Fsp3) is 0.273. The molecular weight excluding hydrogens is 448 g/mol. The minimum absolute atomic E-state index is 0.0236. The predicted molar refractivity (Wildman–Crippen MR) is 126 cm³/mol. The Morgan fingerprint density at radius 2 is 2.00 bits per heavy atom. The molecule has 2 heterocycles. The first-order chi connectivity index (χ1) is 15.4. The molecule has 3 aromatic rings. The third-order valence-electron chi connectivity index (χ3n) is 5.12. The van der Waals surface area contributed by atoms with Crippen LogP contribution in [0.2, 0.25) is 0 Å². The monoisotopic (exact) mass is 470 g/mol. The van der Waals surface area contributed by atoms with E-state index in [0.717, 1.165) is 53.4 Å². The van der Waals surface area contributed by atoms with Gasteiger partial charge in [-0.1, -0.05) is 11.8 Å². The number of aryl methyl sites for hydroxylation is 1.